The fraction of sp³-hybridized carbons (Fsp3) is 0.111. The Morgan fingerprint density at radius 1 is 1.53 bits per heavy atom. The molecular formula is C9H4BrF2NO2. The van der Waals surface area contributed by atoms with Gasteiger partial charge in [-0.25, -0.2) is 13.6 Å². The first kappa shape index (κ1) is 11.6. The average Bonchev–Trinajstić information content (AvgIpc) is 2.15. The van der Waals surface area contributed by atoms with E-state index in [1.807, 2.05) is 0 Å². The lowest BCUT2D eigenvalue weighted by atomic mass is 10.1. The number of carbonyl (C=O) groups is 1. The molecule has 0 heterocycles. The van der Waals surface area contributed by atoms with Gasteiger partial charge in [0.05, 0.1) is 22.8 Å². The molecule has 6 heteroatoms. The van der Waals surface area contributed by atoms with E-state index in [1.54, 1.807) is 6.07 Å². The third-order valence-corrected chi connectivity index (χ3v) is 2.60. The van der Waals surface area contributed by atoms with Gasteiger partial charge in [0.2, 0.25) is 0 Å². The number of aromatic carboxylic acids is 1. The van der Waals surface area contributed by atoms with E-state index in [9.17, 15) is 13.6 Å². The summed E-state index contributed by atoms with van der Waals surface area (Å²) in [5.41, 5.74) is -1.11. The van der Waals surface area contributed by atoms with Gasteiger partial charge in [0.1, 0.15) is 0 Å². The number of carboxylic acids is 1. The van der Waals surface area contributed by atoms with Gasteiger partial charge in [-0.15, -0.1) is 0 Å². The summed E-state index contributed by atoms with van der Waals surface area (Å²) < 4.78 is 24.8. The van der Waals surface area contributed by atoms with Crippen molar-refractivity contribution < 1.29 is 18.7 Å². The van der Waals surface area contributed by atoms with Crippen molar-refractivity contribution in [3.05, 3.63) is 33.3 Å². The summed E-state index contributed by atoms with van der Waals surface area (Å²) >= 11 is 2.76. The van der Waals surface area contributed by atoms with Crippen LogP contribution in [0.3, 0.4) is 0 Å². The number of hydrogen-bond acceptors (Lipinski definition) is 2. The standard InChI is InChI=1S/C9H4BrF2NO2/c10-7-5(9(14)15)2-1-4(3-13)6(7)8(11)12/h1-2,8H,(H,14,15). The van der Waals surface area contributed by atoms with Crippen LogP contribution in [0.2, 0.25) is 0 Å². The number of rotatable bonds is 2. The number of nitriles is 1. The van der Waals surface area contributed by atoms with Crippen molar-refractivity contribution in [1.29, 1.82) is 5.26 Å². The number of benzene rings is 1. The summed E-state index contributed by atoms with van der Waals surface area (Å²) in [5.74, 6) is -1.33. The molecule has 1 rings (SSSR count). The summed E-state index contributed by atoms with van der Waals surface area (Å²) in [6.07, 6.45) is -2.90. The average molecular weight is 276 g/mol. The Hall–Kier alpha value is -1.48. The van der Waals surface area contributed by atoms with E-state index in [0.29, 0.717) is 0 Å². The minimum atomic E-state index is -2.90. The summed E-state index contributed by atoms with van der Waals surface area (Å²) in [5, 5.41) is 17.2. The maximum atomic E-state index is 12.5. The molecule has 3 nitrogen and oxygen atoms in total. The SMILES string of the molecule is N#Cc1ccc(C(=O)O)c(Br)c1C(F)F. The van der Waals surface area contributed by atoms with Gasteiger partial charge in [0.25, 0.3) is 6.43 Å². The summed E-state index contributed by atoms with van der Waals surface area (Å²) in [4.78, 5) is 10.6. The molecule has 0 spiro atoms. The van der Waals surface area contributed by atoms with E-state index >= 15 is 0 Å². The van der Waals surface area contributed by atoms with Crippen LogP contribution in [0.25, 0.3) is 0 Å². The largest absolute Gasteiger partial charge is 0.478 e. The first-order valence-corrected chi connectivity index (χ1v) is 4.52. The van der Waals surface area contributed by atoms with E-state index in [2.05, 4.69) is 15.9 Å². The van der Waals surface area contributed by atoms with Crippen LogP contribution < -0.4 is 0 Å². The fourth-order valence-electron chi connectivity index (χ4n) is 1.07. The molecule has 1 N–H and O–H groups in total. The maximum absolute atomic E-state index is 12.5. The predicted octanol–water partition coefficient (Wildman–Crippen LogP) is 2.96. The van der Waals surface area contributed by atoms with Crippen molar-refractivity contribution in [3.8, 4) is 6.07 Å². The molecule has 0 aliphatic heterocycles. The summed E-state index contributed by atoms with van der Waals surface area (Å²) in [6, 6.07) is 3.75. The van der Waals surface area contributed by atoms with Crippen molar-refractivity contribution in [1.82, 2.24) is 0 Å². The lowest BCUT2D eigenvalue weighted by molar-refractivity contribution is 0.0695. The lowest BCUT2D eigenvalue weighted by Gasteiger charge is -2.07. The molecule has 0 atom stereocenters. The van der Waals surface area contributed by atoms with Gasteiger partial charge in [-0.2, -0.15) is 5.26 Å². The number of halogens is 3. The van der Waals surface area contributed by atoms with Crippen LogP contribution in [0, 0.1) is 11.3 Å². The van der Waals surface area contributed by atoms with Crippen molar-refractivity contribution in [2.45, 2.75) is 6.43 Å². The van der Waals surface area contributed by atoms with Crippen LogP contribution >= 0.6 is 15.9 Å². The van der Waals surface area contributed by atoms with Gasteiger partial charge < -0.3 is 5.11 Å². The second kappa shape index (κ2) is 4.36. The van der Waals surface area contributed by atoms with Crippen LogP contribution in [-0.4, -0.2) is 11.1 Å². The second-order valence-corrected chi connectivity index (χ2v) is 3.40. The topological polar surface area (TPSA) is 61.1 Å². The minimum absolute atomic E-state index is 0.234. The molecule has 0 fully saturated rings. The van der Waals surface area contributed by atoms with E-state index in [-0.39, 0.29) is 15.6 Å². The van der Waals surface area contributed by atoms with E-state index in [1.165, 1.54) is 0 Å². The molecule has 0 aliphatic carbocycles. The van der Waals surface area contributed by atoms with Crippen LogP contribution in [0.15, 0.2) is 16.6 Å². The van der Waals surface area contributed by atoms with E-state index in [0.717, 1.165) is 12.1 Å². The zero-order valence-electron chi connectivity index (χ0n) is 7.17. The Balaban J connectivity index is 3.51. The van der Waals surface area contributed by atoms with Gasteiger partial charge in [0, 0.05) is 4.47 Å². The van der Waals surface area contributed by atoms with Crippen molar-refractivity contribution in [3.63, 3.8) is 0 Å². The summed E-state index contributed by atoms with van der Waals surface area (Å²) in [7, 11) is 0. The first-order valence-electron chi connectivity index (χ1n) is 3.73. The van der Waals surface area contributed by atoms with Crippen LogP contribution in [0.5, 0.6) is 0 Å². The summed E-state index contributed by atoms with van der Waals surface area (Å²) in [6.45, 7) is 0. The highest BCUT2D eigenvalue weighted by atomic mass is 79.9. The Kier molecular flexibility index (Phi) is 3.37. The molecule has 0 bridgehead atoms. The normalized spacial score (nSPS) is 10.1. The number of carboxylic acid groups (broad SMARTS) is 1. The molecule has 0 radical (unpaired) electrons. The van der Waals surface area contributed by atoms with Crippen LogP contribution in [0.4, 0.5) is 8.78 Å². The Morgan fingerprint density at radius 2 is 2.13 bits per heavy atom. The first-order chi connectivity index (χ1) is 6.99. The molecule has 0 amide bonds. The minimum Gasteiger partial charge on any atom is -0.478 e. The molecule has 0 aliphatic rings. The second-order valence-electron chi connectivity index (χ2n) is 2.61. The monoisotopic (exact) mass is 275 g/mol. The van der Waals surface area contributed by atoms with Crippen LogP contribution in [0.1, 0.15) is 27.9 Å². The molecule has 0 aromatic heterocycles. The highest BCUT2D eigenvalue weighted by molar-refractivity contribution is 9.10. The zero-order chi connectivity index (χ0) is 11.6. The Labute approximate surface area is 92.1 Å². The van der Waals surface area contributed by atoms with Gasteiger partial charge in [0.15, 0.2) is 0 Å². The molecule has 78 valence electrons. The molecular weight excluding hydrogens is 272 g/mol. The third-order valence-electron chi connectivity index (χ3n) is 1.75. The molecule has 0 unspecified atom stereocenters. The molecule has 1 aromatic rings. The number of alkyl halides is 2. The van der Waals surface area contributed by atoms with Crippen LogP contribution in [-0.2, 0) is 0 Å². The quantitative estimate of drug-likeness (QED) is 0.903. The Morgan fingerprint density at radius 3 is 2.53 bits per heavy atom. The van der Waals surface area contributed by atoms with Gasteiger partial charge >= 0.3 is 5.97 Å². The van der Waals surface area contributed by atoms with Crippen molar-refractivity contribution in [2.75, 3.05) is 0 Å². The van der Waals surface area contributed by atoms with Crippen molar-refractivity contribution >= 4 is 21.9 Å². The molecule has 0 saturated heterocycles. The van der Waals surface area contributed by atoms with E-state index in [4.69, 9.17) is 10.4 Å². The van der Waals surface area contributed by atoms with Gasteiger partial charge in [-0.3, -0.25) is 0 Å². The maximum Gasteiger partial charge on any atom is 0.336 e. The third kappa shape index (κ3) is 2.13. The highest BCUT2D eigenvalue weighted by Crippen LogP contribution is 2.33. The molecule has 1 aromatic carbocycles. The number of hydrogen-bond donors (Lipinski definition) is 1. The zero-order valence-corrected chi connectivity index (χ0v) is 8.75. The van der Waals surface area contributed by atoms with Gasteiger partial charge in [-0.05, 0) is 28.1 Å². The Bertz CT molecular complexity index is 454. The highest BCUT2D eigenvalue weighted by Gasteiger charge is 2.21. The smallest absolute Gasteiger partial charge is 0.336 e. The number of nitrogens with zero attached hydrogens (tertiary/aromatic N) is 1. The van der Waals surface area contributed by atoms with Gasteiger partial charge in [-0.1, -0.05) is 0 Å². The lowest BCUT2D eigenvalue weighted by Crippen LogP contribution is -2.02. The molecule has 0 saturated carbocycles. The predicted molar refractivity (Wildman–Crippen MR) is 50.8 cm³/mol. The fourth-order valence-corrected chi connectivity index (χ4v) is 1.76. The molecule has 15 heavy (non-hydrogen) atoms. The van der Waals surface area contributed by atoms with E-state index < -0.39 is 18.0 Å². The van der Waals surface area contributed by atoms with Crippen molar-refractivity contribution in [2.24, 2.45) is 0 Å².